The number of benzene rings is 2. The van der Waals surface area contributed by atoms with Crippen LogP contribution >= 0.6 is 0 Å². The summed E-state index contributed by atoms with van der Waals surface area (Å²) in [4.78, 5) is 24.1. The maximum atomic E-state index is 12.8. The lowest BCUT2D eigenvalue weighted by atomic mass is 10.1. The molecule has 2 aromatic carbocycles. The van der Waals surface area contributed by atoms with Gasteiger partial charge in [-0.15, -0.1) is 0 Å². The van der Waals surface area contributed by atoms with Gasteiger partial charge in [-0.2, -0.15) is 0 Å². The third-order valence-electron chi connectivity index (χ3n) is 4.74. The molecule has 0 spiro atoms. The molecule has 27 heavy (non-hydrogen) atoms. The summed E-state index contributed by atoms with van der Waals surface area (Å²) >= 11 is 0. The van der Waals surface area contributed by atoms with E-state index in [1.54, 1.807) is 0 Å². The van der Waals surface area contributed by atoms with E-state index in [2.05, 4.69) is 20.2 Å². The van der Waals surface area contributed by atoms with Gasteiger partial charge in [0.15, 0.2) is 0 Å². The summed E-state index contributed by atoms with van der Waals surface area (Å²) < 4.78 is 5.45. The summed E-state index contributed by atoms with van der Waals surface area (Å²) in [6.07, 6.45) is 0. The van der Waals surface area contributed by atoms with Crippen molar-refractivity contribution in [3.05, 3.63) is 66.0 Å². The topological polar surface area (TPSA) is 67.4 Å². The molecule has 1 aromatic heterocycles. The summed E-state index contributed by atoms with van der Waals surface area (Å²) in [5.74, 6) is 0.714. The fraction of sp³-hybridized carbons (Fsp3) is 0.286. The molecule has 1 N–H and O–H groups in total. The summed E-state index contributed by atoms with van der Waals surface area (Å²) in [5.41, 5.74) is 1.81. The van der Waals surface area contributed by atoms with E-state index in [-0.39, 0.29) is 17.8 Å². The number of carbonyl (C=O) groups excluding carboxylic acids is 1. The quantitative estimate of drug-likeness (QED) is 0.773. The minimum atomic E-state index is -0.272. The van der Waals surface area contributed by atoms with Crippen molar-refractivity contribution in [2.75, 3.05) is 31.2 Å². The van der Waals surface area contributed by atoms with Crippen molar-refractivity contribution in [2.45, 2.75) is 13.0 Å². The Balaban J connectivity index is 1.66. The summed E-state index contributed by atoms with van der Waals surface area (Å²) in [6.45, 7) is 4.78. The number of rotatable bonds is 4. The standard InChI is InChI=1S/C21H22N4O2/c1-15(16-7-3-2-4-8-16)22-21(26)19-23-18-10-6-5-9-17(18)20(24-19)25-11-13-27-14-12-25/h2-10,15H,11-14H2,1H3,(H,22,26)/t15-/m0/s1. The van der Waals surface area contributed by atoms with E-state index < -0.39 is 0 Å². The van der Waals surface area contributed by atoms with Gasteiger partial charge in [-0.3, -0.25) is 4.79 Å². The Morgan fingerprint density at radius 3 is 2.52 bits per heavy atom. The molecule has 4 rings (SSSR count). The molecule has 1 atom stereocenters. The van der Waals surface area contributed by atoms with Gasteiger partial charge in [0.25, 0.3) is 5.91 Å². The van der Waals surface area contributed by atoms with Gasteiger partial charge in [0.2, 0.25) is 5.82 Å². The van der Waals surface area contributed by atoms with Gasteiger partial charge in [-0.25, -0.2) is 9.97 Å². The Hall–Kier alpha value is -2.99. The first-order chi connectivity index (χ1) is 13.2. The normalized spacial score (nSPS) is 15.5. The molecule has 3 aromatic rings. The van der Waals surface area contributed by atoms with Crippen molar-refractivity contribution in [1.29, 1.82) is 0 Å². The third kappa shape index (κ3) is 3.75. The van der Waals surface area contributed by atoms with E-state index in [9.17, 15) is 4.79 Å². The highest BCUT2D eigenvalue weighted by Crippen LogP contribution is 2.25. The van der Waals surface area contributed by atoms with Crippen LogP contribution in [-0.2, 0) is 4.74 Å². The Morgan fingerprint density at radius 1 is 1.04 bits per heavy atom. The number of carbonyl (C=O) groups is 1. The molecule has 1 aliphatic heterocycles. The predicted molar refractivity (Wildman–Crippen MR) is 105 cm³/mol. The van der Waals surface area contributed by atoms with Crippen molar-refractivity contribution in [3.63, 3.8) is 0 Å². The predicted octanol–water partition coefficient (Wildman–Crippen LogP) is 2.96. The maximum absolute atomic E-state index is 12.8. The lowest BCUT2D eigenvalue weighted by molar-refractivity contribution is 0.0929. The highest BCUT2D eigenvalue weighted by Gasteiger charge is 2.20. The first kappa shape index (κ1) is 17.4. The van der Waals surface area contributed by atoms with Crippen LogP contribution in [0.2, 0.25) is 0 Å². The molecule has 6 nitrogen and oxygen atoms in total. The van der Waals surface area contributed by atoms with Crippen LogP contribution in [-0.4, -0.2) is 42.2 Å². The van der Waals surface area contributed by atoms with Crippen LogP contribution in [0.5, 0.6) is 0 Å². The van der Waals surface area contributed by atoms with Crippen LogP contribution in [0.3, 0.4) is 0 Å². The van der Waals surface area contributed by atoms with Crippen LogP contribution in [0, 0.1) is 0 Å². The number of aromatic nitrogens is 2. The smallest absolute Gasteiger partial charge is 0.289 e. The molecule has 0 unspecified atom stereocenters. The van der Waals surface area contributed by atoms with Crippen molar-refractivity contribution >= 4 is 22.6 Å². The second-order valence-electron chi connectivity index (χ2n) is 6.59. The van der Waals surface area contributed by atoms with Crippen LogP contribution in [0.4, 0.5) is 5.82 Å². The van der Waals surface area contributed by atoms with Gasteiger partial charge in [0.05, 0.1) is 24.8 Å². The number of morpholine rings is 1. The van der Waals surface area contributed by atoms with Gasteiger partial charge in [-0.1, -0.05) is 42.5 Å². The monoisotopic (exact) mass is 362 g/mol. The number of ether oxygens (including phenoxy) is 1. The number of anilines is 1. The highest BCUT2D eigenvalue weighted by molar-refractivity contribution is 5.96. The second-order valence-corrected chi connectivity index (χ2v) is 6.59. The summed E-state index contributed by atoms with van der Waals surface area (Å²) in [7, 11) is 0. The van der Waals surface area contributed by atoms with Crippen LogP contribution < -0.4 is 10.2 Å². The lowest BCUT2D eigenvalue weighted by Gasteiger charge is -2.29. The van der Waals surface area contributed by atoms with Crippen molar-refractivity contribution in [1.82, 2.24) is 15.3 Å². The van der Waals surface area contributed by atoms with E-state index in [1.165, 1.54) is 0 Å². The van der Waals surface area contributed by atoms with E-state index in [4.69, 9.17) is 4.74 Å². The maximum Gasteiger partial charge on any atom is 0.289 e. The molecule has 0 aliphatic carbocycles. The van der Waals surface area contributed by atoms with E-state index in [1.807, 2.05) is 61.5 Å². The number of nitrogens with zero attached hydrogens (tertiary/aromatic N) is 3. The van der Waals surface area contributed by atoms with Crippen LogP contribution in [0.15, 0.2) is 54.6 Å². The molecule has 1 saturated heterocycles. The molecular weight excluding hydrogens is 340 g/mol. The van der Waals surface area contributed by atoms with E-state index >= 15 is 0 Å². The minimum absolute atomic E-state index is 0.124. The van der Waals surface area contributed by atoms with E-state index in [0.29, 0.717) is 13.2 Å². The Morgan fingerprint density at radius 2 is 1.74 bits per heavy atom. The number of amides is 1. The van der Waals surface area contributed by atoms with Crippen molar-refractivity contribution < 1.29 is 9.53 Å². The van der Waals surface area contributed by atoms with Crippen molar-refractivity contribution in [2.24, 2.45) is 0 Å². The summed E-state index contributed by atoms with van der Waals surface area (Å²) in [6, 6.07) is 17.5. The first-order valence-electron chi connectivity index (χ1n) is 9.17. The Bertz CT molecular complexity index is 939. The zero-order chi connectivity index (χ0) is 18.6. The van der Waals surface area contributed by atoms with Gasteiger partial charge in [-0.05, 0) is 24.6 Å². The van der Waals surface area contributed by atoms with Gasteiger partial charge in [0, 0.05) is 18.5 Å². The largest absolute Gasteiger partial charge is 0.378 e. The minimum Gasteiger partial charge on any atom is -0.378 e. The van der Waals surface area contributed by atoms with Gasteiger partial charge >= 0.3 is 0 Å². The first-order valence-corrected chi connectivity index (χ1v) is 9.17. The van der Waals surface area contributed by atoms with Gasteiger partial charge in [0.1, 0.15) is 5.82 Å². The average molecular weight is 362 g/mol. The average Bonchev–Trinajstić information content (AvgIpc) is 2.74. The number of para-hydroxylation sites is 1. The number of hydrogen-bond acceptors (Lipinski definition) is 5. The fourth-order valence-corrected chi connectivity index (χ4v) is 3.26. The molecule has 0 radical (unpaired) electrons. The molecule has 6 heteroatoms. The van der Waals surface area contributed by atoms with E-state index in [0.717, 1.165) is 35.4 Å². The van der Waals surface area contributed by atoms with Crippen molar-refractivity contribution in [3.8, 4) is 0 Å². The highest BCUT2D eigenvalue weighted by atomic mass is 16.5. The zero-order valence-corrected chi connectivity index (χ0v) is 15.3. The molecule has 0 saturated carbocycles. The van der Waals surface area contributed by atoms with Gasteiger partial charge < -0.3 is 15.0 Å². The number of nitrogens with one attached hydrogen (secondary N) is 1. The number of fused-ring (bicyclic) bond motifs is 1. The van der Waals surface area contributed by atoms with Crippen LogP contribution in [0.25, 0.3) is 10.9 Å². The molecule has 138 valence electrons. The Kier molecular flexibility index (Phi) is 4.98. The fourth-order valence-electron chi connectivity index (χ4n) is 3.26. The number of hydrogen-bond donors (Lipinski definition) is 1. The molecule has 0 bridgehead atoms. The third-order valence-corrected chi connectivity index (χ3v) is 4.74. The molecule has 2 heterocycles. The summed E-state index contributed by atoms with van der Waals surface area (Å²) in [5, 5.41) is 3.95. The zero-order valence-electron chi connectivity index (χ0n) is 15.3. The molecule has 1 aliphatic rings. The Labute approximate surface area is 158 Å². The van der Waals surface area contributed by atoms with Crippen LogP contribution in [0.1, 0.15) is 29.1 Å². The lowest BCUT2D eigenvalue weighted by Crippen LogP contribution is -2.37. The molecular formula is C21H22N4O2. The molecule has 1 amide bonds. The second kappa shape index (κ2) is 7.72. The SMILES string of the molecule is C[C@H](NC(=O)c1nc(N2CCOCC2)c2ccccc2n1)c1ccccc1. The molecule has 1 fully saturated rings.